The van der Waals surface area contributed by atoms with Gasteiger partial charge in [-0.05, 0) is 0 Å². The number of carbonyl (C=O) groups is 1. The van der Waals surface area contributed by atoms with Gasteiger partial charge in [-0.1, -0.05) is 18.8 Å². The molecule has 1 aliphatic carbocycles. The van der Waals surface area contributed by atoms with E-state index < -0.39 is 0 Å². The largest absolute Gasteiger partial charge is 0.300 e. The van der Waals surface area contributed by atoms with Crippen molar-refractivity contribution < 1.29 is 54.2 Å². The van der Waals surface area contributed by atoms with Crippen molar-refractivity contribution in [2.24, 2.45) is 0 Å². The molecule has 2 rings (SSSR count). The molecule has 0 N–H and O–H groups in total. The second kappa shape index (κ2) is 6.14. The molecule has 0 aliphatic heterocycles. The van der Waals surface area contributed by atoms with Gasteiger partial charge in [-0.3, -0.25) is 4.79 Å². The van der Waals surface area contributed by atoms with E-state index in [1.807, 2.05) is 18.2 Å². The number of ketones is 1. The minimum absolute atomic E-state index is 0. The average molecular weight is 325 g/mol. The second-order valence-corrected chi connectivity index (χ2v) is 3.65. The zero-order valence-corrected chi connectivity index (χ0v) is 10.4. The van der Waals surface area contributed by atoms with Crippen LogP contribution in [-0.4, -0.2) is 5.78 Å². The summed E-state index contributed by atoms with van der Waals surface area (Å²) < 4.78 is 0. The third kappa shape index (κ3) is 3.25. The number of benzene rings is 1. The van der Waals surface area contributed by atoms with E-state index in [1.165, 1.54) is 5.56 Å². The smallest absolute Gasteiger partial charge is 0.132 e. The van der Waals surface area contributed by atoms with Crippen LogP contribution in [0.2, 0.25) is 0 Å². The SMILES string of the molecule is O=C1CCC(c2c[c-]ccc2)CC1.[Eu]. The van der Waals surface area contributed by atoms with Gasteiger partial charge in [0.05, 0.1) is 0 Å². The fraction of sp³-hybridized carbons (Fsp3) is 0.417. The molecule has 0 saturated heterocycles. The predicted molar refractivity (Wildman–Crippen MR) is 51.5 cm³/mol. The summed E-state index contributed by atoms with van der Waals surface area (Å²) in [5.41, 5.74) is 1.34. The Balaban J connectivity index is 0.000000980. The summed E-state index contributed by atoms with van der Waals surface area (Å²) in [6, 6.07) is 11.2. The average Bonchev–Trinajstić information content (AvgIpc) is 2.20. The minimum Gasteiger partial charge on any atom is -0.300 e. The maximum Gasteiger partial charge on any atom is 0.132 e. The summed E-state index contributed by atoms with van der Waals surface area (Å²) in [4.78, 5) is 11.0. The molecule has 0 amide bonds. The van der Waals surface area contributed by atoms with E-state index in [0.29, 0.717) is 11.7 Å². The molecule has 1 aromatic carbocycles. The van der Waals surface area contributed by atoms with E-state index >= 15 is 0 Å². The summed E-state index contributed by atoms with van der Waals surface area (Å²) >= 11 is 0. The molecule has 0 atom stereocenters. The molecule has 14 heavy (non-hydrogen) atoms. The summed E-state index contributed by atoms with van der Waals surface area (Å²) in [6.07, 6.45) is 3.58. The molecule has 0 spiro atoms. The summed E-state index contributed by atoms with van der Waals surface area (Å²) in [7, 11) is 0. The van der Waals surface area contributed by atoms with Gasteiger partial charge in [0.2, 0.25) is 0 Å². The van der Waals surface area contributed by atoms with E-state index in [4.69, 9.17) is 0 Å². The Kier molecular flexibility index (Phi) is 5.50. The predicted octanol–water partition coefficient (Wildman–Crippen LogP) is 2.71. The number of hydrogen-bond acceptors (Lipinski definition) is 1. The van der Waals surface area contributed by atoms with Crippen LogP contribution in [0.1, 0.15) is 37.2 Å². The molecule has 1 radical (unpaired) electrons. The molecular weight excluding hydrogens is 312 g/mol. The van der Waals surface area contributed by atoms with Crippen molar-refractivity contribution in [1.82, 2.24) is 0 Å². The standard InChI is InChI=1S/C12H13O.Eu/c13-12-8-6-11(7-9-12)10-4-2-1-3-5-10;/h1-2,4-5,11H,6-9H2;/q-1;. The summed E-state index contributed by atoms with van der Waals surface area (Å²) in [5.74, 6) is 1.02. The van der Waals surface area contributed by atoms with Crippen molar-refractivity contribution in [2.75, 3.05) is 0 Å². The maximum absolute atomic E-state index is 11.0. The van der Waals surface area contributed by atoms with Gasteiger partial charge >= 0.3 is 0 Å². The van der Waals surface area contributed by atoms with Crippen LogP contribution in [0, 0.1) is 55.4 Å². The molecule has 1 saturated carbocycles. The quantitative estimate of drug-likeness (QED) is 0.726. The Bertz CT molecular complexity index is 284. The molecule has 1 aromatic rings. The fourth-order valence-corrected chi connectivity index (χ4v) is 1.93. The first-order valence-corrected chi connectivity index (χ1v) is 4.84. The first-order chi connectivity index (χ1) is 6.36. The van der Waals surface area contributed by atoms with Crippen molar-refractivity contribution in [3.05, 3.63) is 35.9 Å². The van der Waals surface area contributed by atoms with E-state index in [9.17, 15) is 4.79 Å². The molecule has 0 aromatic heterocycles. The minimum atomic E-state index is 0. The van der Waals surface area contributed by atoms with Crippen molar-refractivity contribution in [1.29, 1.82) is 0 Å². The van der Waals surface area contributed by atoms with Crippen molar-refractivity contribution in [2.45, 2.75) is 31.6 Å². The molecular formula is C12H13EuO-. The molecule has 0 heterocycles. The maximum atomic E-state index is 11.0. The van der Waals surface area contributed by atoms with Gasteiger partial charge in [0, 0.05) is 62.2 Å². The molecule has 1 fully saturated rings. The topological polar surface area (TPSA) is 17.1 Å². The van der Waals surface area contributed by atoms with Crippen molar-refractivity contribution in [3.8, 4) is 0 Å². The van der Waals surface area contributed by atoms with Crippen LogP contribution in [-0.2, 0) is 4.79 Å². The molecule has 75 valence electrons. The van der Waals surface area contributed by atoms with Gasteiger partial charge in [-0.25, -0.2) is 0 Å². The van der Waals surface area contributed by atoms with Gasteiger partial charge in [-0.2, -0.15) is 35.9 Å². The number of rotatable bonds is 1. The second-order valence-electron chi connectivity index (χ2n) is 3.65. The van der Waals surface area contributed by atoms with Gasteiger partial charge < -0.3 is 0 Å². The molecule has 0 bridgehead atoms. The van der Waals surface area contributed by atoms with Crippen molar-refractivity contribution in [3.63, 3.8) is 0 Å². The Morgan fingerprint density at radius 1 is 1.29 bits per heavy atom. The van der Waals surface area contributed by atoms with Gasteiger partial charge in [-0.15, -0.1) is 0 Å². The number of Topliss-reactive ketones (excluding diaryl/α,β-unsaturated/α-hetero) is 1. The molecule has 1 aliphatic rings. The van der Waals surface area contributed by atoms with Crippen LogP contribution in [0.15, 0.2) is 24.3 Å². The fourth-order valence-electron chi connectivity index (χ4n) is 1.93. The number of hydrogen-bond donors (Lipinski definition) is 0. The van der Waals surface area contributed by atoms with Crippen molar-refractivity contribution >= 4 is 5.78 Å². The van der Waals surface area contributed by atoms with E-state index in [0.717, 1.165) is 25.7 Å². The van der Waals surface area contributed by atoms with Gasteiger partial charge in [0.15, 0.2) is 0 Å². The van der Waals surface area contributed by atoms with Crippen LogP contribution in [0.4, 0.5) is 0 Å². The molecule has 0 unspecified atom stereocenters. The van der Waals surface area contributed by atoms with Crippen LogP contribution in [0.5, 0.6) is 0 Å². The Labute approximate surface area is 126 Å². The summed E-state index contributed by atoms with van der Waals surface area (Å²) in [5, 5.41) is 0. The first kappa shape index (κ1) is 12.5. The zero-order chi connectivity index (χ0) is 9.10. The van der Waals surface area contributed by atoms with E-state index in [1.54, 1.807) is 0 Å². The molecule has 2 heteroatoms. The number of carbonyl (C=O) groups excluding carboxylic acids is 1. The van der Waals surface area contributed by atoms with Crippen LogP contribution < -0.4 is 0 Å². The first-order valence-electron chi connectivity index (χ1n) is 4.84. The summed E-state index contributed by atoms with van der Waals surface area (Å²) in [6.45, 7) is 0. The van der Waals surface area contributed by atoms with E-state index in [2.05, 4.69) is 12.1 Å². The van der Waals surface area contributed by atoms with Crippen LogP contribution >= 0.6 is 0 Å². The Morgan fingerprint density at radius 2 is 2.00 bits per heavy atom. The third-order valence-electron chi connectivity index (χ3n) is 2.75. The Hall–Kier alpha value is 0.474. The molecule has 1 nitrogen and oxygen atoms in total. The normalized spacial score (nSPS) is 17.6. The van der Waals surface area contributed by atoms with Crippen LogP contribution in [0.3, 0.4) is 0 Å². The van der Waals surface area contributed by atoms with E-state index in [-0.39, 0.29) is 49.4 Å². The zero-order valence-electron chi connectivity index (χ0n) is 8.00. The monoisotopic (exact) mass is 326 g/mol. The van der Waals surface area contributed by atoms with Gasteiger partial charge in [0.25, 0.3) is 0 Å². The van der Waals surface area contributed by atoms with Gasteiger partial charge in [0.1, 0.15) is 5.78 Å². The Morgan fingerprint density at radius 3 is 2.57 bits per heavy atom. The third-order valence-corrected chi connectivity index (χ3v) is 2.75. The van der Waals surface area contributed by atoms with Crippen LogP contribution in [0.25, 0.3) is 0 Å².